The average Bonchev–Trinajstić information content (AvgIpc) is 3.59. The molecule has 0 saturated carbocycles. The van der Waals surface area contributed by atoms with Gasteiger partial charge in [-0.3, -0.25) is 19.2 Å². The number of rotatable bonds is 16. The van der Waals surface area contributed by atoms with Crippen molar-refractivity contribution in [2.24, 2.45) is 11.8 Å². The third-order valence-electron chi connectivity index (χ3n) is 6.78. The van der Waals surface area contributed by atoms with Crippen LogP contribution in [0, 0.1) is 11.8 Å². The number of thiophene rings is 2. The molecule has 12 heteroatoms. The van der Waals surface area contributed by atoms with Crippen LogP contribution in [0.4, 0.5) is 0 Å². The molecule has 0 spiro atoms. The molecule has 0 fully saturated rings. The number of aliphatic carboxylic acids is 2. The number of methoxy groups -OCH3 is 2. The van der Waals surface area contributed by atoms with Gasteiger partial charge in [-0.15, -0.1) is 22.7 Å². The van der Waals surface area contributed by atoms with E-state index in [1.165, 1.54) is 50.7 Å². The zero-order valence-electron chi connectivity index (χ0n) is 24.1. The van der Waals surface area contributed by atoms with Crippen molar-refractivity contribution >= 4 is 66.4 Å². The number of benzene rings is 2. The van der Waals surface area contributed by atoms with Gasteiger partial charge >= 0.3 is 11.9 Å². The molecule has 2 unspecified atom stereocenters. The lowest BCUT2D eigenvalue weighted by Crippen LogP contribution is -2.13. The van der Waals surface area contributed by atoms with Gasteiger partial charge in [-0.1, -0.05) is 13.8 Å². The third-order valence-corrected chi connectivity index (χ3v) is 9.06. The van der Waals surface area contributed by atoms with Gasteiger partial charge in [0.05, 0.1) is 49.0 Å². The summed E-state index contributed by atoms with van der Waals surface area (Å²) in [4.78, 5) is 48.4. The molecule has 0 saturated heterocycles. The molecular weight excluding hydrogens is 596 g/mol. The summed E-state index contributed by atoms with van der Waals surface area (Å²) in [6, 6.07) is 10.7. The van der Waals surface area contributed by atoms with Crippen LogP contribution in [0.25, 0.3) is 20.2 Å². The number of hydrogen-bond acceptors (Lipinski definition) is 10. The Kier molecular flexibility index (Phi) is 10.3. The molecule has 0 amide bonds. The fourth-order valence-corrected chi connectivity index (χ4v) is 6.31. The lowest BCUT2D eigenvalue weighted by Gasteiger charge is -2.13. The van der Waals surface area contributed by atoms with Crippen molar-refractivity contribution in [1.29, 1.82) is 0 Å². The first-order valence-electron chi connectivity index (χ1n) is 13.5. The second-order valence-corrected chi connectivity index (χ2v) is 12.3. The highest BCUT2D eigenvalue weighted by molar-refractivity contribution is 7.21. The van der Waals surface area contributed by atoms with Crippen LogP contribution in [-0.4, -0.2) is 61.2 Å². The second kappa shape index (κ2) is 13.9. The quantitative estimate of drug-likeness (QED) is 0.103. The molecular formula is C31H32O10S2. The van der Waals surface area contributed by atoms with Crippen LogP contribution in [0.1, 0.15) is 52.5 Å². The highest BCUT2D eigenvalue weighted by atomic mass is 32.1. The van der Waals surface area contributed by atoms with Crippen molar-refractivity contribution in [3.8, 4) is 23.0 Å². The van der Waals surface area contributed by atoms with Crippen LogP contribution in [0.5, 0.6) is 23.0 Å². The Morgan fingerprint density at radius 2 is 1.05 bits per heavy atom. The van der Waals surface area contributed by atoms with Crippen molar-refractivity contribution in [2.75, 3.05) is 27.4 Å². The van der Waals surface area contributed by atoms with Gasteiger partial charge in [0.25, 0.3) is 0 Å². The maximum Gasteiger partial charge on any atom is 0.306 e. The summed E-state index contributed by atoms with van der Waals surface area (Å²) in [5.74, 6) is -1.93. The summed E-state index contributed by atoms with van der Waals surface area (Å²) in [5.41, 5.74) is 0. The molecule has 0 bridgehead atoms. The van der Waals surface area contributed by atoms with Gasteiger partial charge in [0.1, 0.15) is 0 Å². The lowest BCUT2D eigenvalue weighted by atomic mass is 10.0. The third kappa shape index (κ3) is 7.63. The maximum atomic E-state index is 12.6. The molecule has 2 atom stereocenters. The topological polar surface area (TPSA) is 146 Å². The van der Waals surface area contributed by atoms with E-state index in [1.54, 1.807) is 36.4 Å². The van der Waals surface area contributed by atoms with Gasteiger partial charge < -0.3 is 29.2 Å². The SMILES string of the molecule is COc1cc2cc(C(=O)CC(C)C(=O)O)sc2cc1OCCCOc1cc2sc(C(=O)CC(C)C(=O)O)cc2cc1OC. The molecule has 0 aliphatic rings. The van der Waals surface area contributed by atoms with Gasteiger partial charge in [-0.25, -0.2) is 0 Å². The minimum absolute atomic E-state index is 0.0712. The Morgan fingerprint density at radius 3 is 1.40 bits per heavy atom. The van der Waals surface area contributed by atoms with E-state index in [0.29, 0.717) is 52.4 Å². The maximum absolute atomic E-state index is 12.6. The molecule has 43 heavy (non-hydrogen) atoms. The molecule has 4 rings (SSSR count). The first-order chi connectivity index (χ1) is 20.5. The van der Waals surface area contributed by atoms with Crippen molar-refractivity contribution in [1.82, 2.24) is 0 Å². The van der Waals surface area contributed by atoms with E-state index in [0.717, 1.165) is 20.2 Å². The number of hydrogen-bond donors (Lipinski definition) is 2. The number of carbonyl (C=O) groups excluding carboxylic acids is 2. The minimum atomic E-state index is -1.01. The van der Waals surface area contributed by atoms with E-state index in [4.69, 9.17) is 29.2 Å². The van der Waals surface area contributed by atoms with Gasteiger partial charge in [0.15, 0.2) is 34.6 Å². The molecule has 2 aromatic heterocycles. The van der Waals surface area contributed by atoms with Crippen molar-refractivity contribution < 1.29 is 48.3 Å². The summed E-state index contributed by atoms with van der Waals surface area (Å²) < 4.78 is 24.6. The van der Waals surface area contributed by atoms with Gasteiger partial charge in [-0.05, 0) is 35.0 Å². The molecule has 0 radical (unpaired) electrons. The number of ketones is 2. The summed E-state index contributed by atoms with van der Waals surface area (Å²) in [6.45, 7) is 3.65. The Balaban J connectivity index is 1.38. The highest BCUT2D eigenvalue weighted by Gasteiger charge is 2.21. The monoisotopic (exact) mass is 628 g/mol. The summed E-state index contributed by atoms with van der Waals surface area (Å²) in [6.07, 6.45) is 0.390. The fourth-order valence-electron chi connectivity index (χ4n) is 4.27. The smallest absolute Gasteiger partial charge is 0.306 e. The first kappa shape index (κ1) is 31.8. The van der Waals surface area contributed by atoms with Crippen LogP contribution in [0.2, 0.25) is 0 Å². The predicted molar refractivity (Wildman–Crippen MR) is 164 cm³/mol. The summed E-state index contributed by atoms with van der Waals surface area (Å²) in [5, 5.41) is 19.8. The van der Waals surface area contributed by atoms with Crippen molar-refractivity contribution in [3.63, 3.8) is 0 Å². The van der Waals surface area contributed by atoms with Crippen molar-refractivity contribution in [3.05, 3.63) is 46.2 Å². The number of carbonyl (C=O) groups is 4. The Bertz CT molecular complexity index is 1550. The normalized spacial score (nSPS) is 12.6. The molecule has 4 aromatic rings. The molecule has 10 nitrogen and oxygen atoms in total. The average molecular weight is 629 g/mol. The lowest BCUT2D eigenvalue weighted by molar-refractivity contribution is -0.141. The molecule has 2 heterocycles. The highest BCUT2D eigenvalue weighted by Crippen LogP contribution is 2.39. The summed E-state index contributed by atoms with van der Waals surface area (Å²) in [7, 11) is 3.06. The van der Waals surface area contributed by atoms with Gasteiger partial charge in [0.2, 0.25) is 0 Å². The molecule has 2 aromatic carbocycles. The molecule has 2 N–H and O–H groups in total. The van der Waals surface area contributed by atoms with Crippen LogP contribution in [0.3, 0.4) is 0 Å². The van der Waals surface area contributed by atoms with Gasteiger partial charge in [-0.2, -0.15) is 0 Å². The number of carboxylic acid groups (broad SMARTS) is 2. The minimum Gasteiger partial charge on any atom is -0.493 e. The first-order valence-corrected chi connectivity index (χ1v) is 15.1. The van der Waals surface area contributed by atoms with E-state index in [9.17, 15) is 19.2 Å². The Labute approximate surface area is 255 Å². The summed E-state index contributed by atoms with van der Waals surface area (Å²) >= 11 is 2.57. The van der Waals surface area contributed by atoms with Crippen LogP contribution in [0.15, 0.2) is 36.4 Å². The standard InChI is InChI=1S/C31H32O10S2/c1-16(30(34)35)8-20(32)28-12-18-10-22(38-3)24(14-26(18)42-28)40-6-5-7-41-25-15-27-19(11-23(25)39-4)13-29(43-27)21(33)9-17(2)31(36)37/h10-17H,5-9H2,1-4H3,(H,34,35)(H,36,37). The number of carboxylic acids is 2. The predicted octanol–water partition coefficient (Wildman–Crippen LogP) is 6.57. The largest absolute Gasteiger partial charge is 0.493 e. The van der Waals surface area contributed by atoms with Gasteiger partial charge in [0, 0.05) is 40.8 Å². The van der Waals surface area contributed by atoms with Crippen molar-refractivity contribution in [2.45, 2.75) is 33.1 Å². The Morgan fingerprint density at radius 1 is 0.651 bits per heavy atom. The number of fused-ring (bicyclic) bond motifs is 2. The molecule has 228 valence electrons. The van der Waals surface area contributed by atoms with E-state index in [2.05, 4.69) is 0 Å². The van der Waals surface area contributed by atoms with Crippen LogP contribution < -0.4 is 18.9 Å². The molecule has 0 aliphatic carbocycles. The fraction of sp³-hybridized carbons (Fsp3) is 0.355. The zero-order chi connectivity index (χ0) is 31.3. The Hall–Kier alpha value is -4.16. The van der Waals surface area contributed by atoms with Crippen LogP contribution in [-0.2, 0) is 9.59 Å². The van der Waals surface area contributed by atoms with E-state index >= 15 is 0 Å². The van der Waals surface area contributed by atoms with Crippen LogP contribution >= 0.6 is 22.7 Å². The van der Waals surface area contributed by atoms with E-state index < -0.39 is 23.8 Å². The second-order valence-electron chi connectivity index (χ2n) is 10.1. The molecule has 0 aliphatic heterocycles. The number of ether oxygens (including phenoxy) is 4. The van der Waals surface area contributed by atoms with E-state index in [-0.39, 0.29) is 24.4 Å². The zero-order valence-corrected chi connectivity index (χ0v) is 25.8. The van der Waals surface area contributed by atoms with E-state index in [1.807, 2.05) is 0 Å². The number of Topliss-reactive ketones (excluding diaryl/α,β-unsaturated/α-hetero) is 2.